The number of hydrogen-bond acceptors (Lipinski definition) is 2. The molecule has 0 aliphatic heterocycles. The predicted molar refractivity (Wildman–Crippen MR) is 47.6 cm³/mol. The number of aromatic amines is 1. The fourth-order valence-electron chi connectivity index (χ4n) is 0.962. The lowest BCUT2D eigenvalue weighted by molar-refractivity contribution is 0.149. The van der Waals surface area contributed by atoms with Crippen molar-refractivity contribution < 1.29 is 8.78 Å². The minimum atomic E-state index is -2.70. The van der Waals surface area contributed by atoms with Gasteiger partial charge in [-0.05, 0) is 21.5 Å². The lowest BCUT2D eigenvalue weighted by atomic mass is 10.1. The van der Waals surface area contributed by atoms with E-state index in [0.29, 0.717) is 0 Å². The van der Waals surface area contributed by atoms with E-state index < -0.39 is 12.0 Å². The number of nitrogens with one attached hydrogen (secondary N) is 1. The Labute approximate surface area is 81.1 Å². The molecule has 1 heterocycles. The van der Waals surface area contributed by atoms with Crippen molar-refractivity contribution in [3.63, 3.8) is 0 Å². The molecule has 72 valence electrons. The highest BCUT2D eigenvalue weighted by Crippen LogP contribution is 2.27. The molecule has 0 radical (unpaired) electrons. The summed E-state index contributed by atoms with van der Waals surface area (Å²) in [6.45, 7) is -0.0327. The molecule has 6 heteroatoms. The van der Waals surface area contributed by atoms with Crippen LogP contribution < -0.4 is 11.3 Å². The summed E-state index contributed by atoms with van der Waals surface area (Å²) in [7, 11) is 0. The van der Waals surface area contributed by atoms with Crippen molar-refractivity contribution in [2.75, 3.05) is 0 Å². The van der Waals surface area contributed by atoms with Gasteiger partial charge in [0.25, 0.3) is 12.0 Å². The fourth-order valence-corrected chi connectivity index (χ4v) is 1.50. The van der Waals surface area contributed by atoms with Gasteiger partial charge in [0.15, 0.2) is 0 Å². The Morgan fingerprint density at radius 2 is 2.23 bits per heavy atom. The molecule has 3 nitrogen and oxygen atoms in total. The standard InChI is InChI=1S/C7H7BrF2N2O/c8-5-4(6(9)10)3(1-11)2-12-7(5)13/h2,6H,1,11H2,(H,12,13). The SMILES string of the molecule is NCc1c[nH]c(=O)c(Br)c1C(F)F. The molecule has 0 aromatic carbocycles. The molecule has 1 aromatic rings. The molecule has 0 aliphatic carbocycles. The quantitative estimate of drug-likeness (QED) is 0.839. The lowest BCUT2D eigenvalue weighted by Crippen LogP contribution is -2.14. The van der Waals surface area contributed by atoms with Crippen LogP contribution in [0.3, 0.4) is 0 Å². The van der Waals surface area contributed by atoms with Gasteiger partial charge in [0.1, 0.15) is 0 Å². The van der Waals surface area contributed by atoms with Crippen LogP contribution in [0.25, 0.3) is 0 Å². The monoisotopic (exact) mass is 252 g/mol. The van der Waals surface area contributed by atoms with Crippen LogP contribution >= 0.6 is 15.9 Å². The normalized spacial score (nSPS) is 10.8. The largest absolute Gasteiger partial charge is 0.328 e. The van der Waals surface area contributed by atoms with Crippen LogP contribution in [0.2, 0.25) is 0 Å². The molecule has 0 unspecified atom stereocenters. The number of pyridine rings is 1. The zero-order valence-electron chi connectivity index (χ0n) is 6.48. The molecular weight excluding hydrogens is 246 g/mol. The van der Waals surface area contributed by atoms with E-state index in [-0.39, 0.29) is 22.1 Å². The van der Waals surface area contributed by atoms with Crippen LogP contribution in [-0.4, -0.2) is 4.98 Å². The summed E-state index contributed by atoms with van der Waals surface area (Å²) >= 11 is 2.79. The van der Waals surface area contributed by atoms with Gasteiger partial charge in [0.2, 0.25) is 0 Å². The number of aromatic nitrogens is 1. The predicted octanol–water partition coefficient (Wildman–Crippen LogP) is 1.53. The Kier molecular flexibility index (Phi) is 3.16. The Bertz CT molecular complexity index is 364. The molecule has 0 saturated heterocycles. The average Bonchev–Trinajstić information content (AvgIpc) is 2.08. The Hall–Kier alpha value is -0.750. The maximum Gasteiger partial charge on any atom is 0.265 e. The minimum Gasteiger partial charge on any atom is -0.328 e. The van der Waals surface area contributed by atoms with Crippen LogP contribution in [0, 0.1) is 0 Å². The van der Waals surface area contributed by atoms with Crippen molar-refractivity contribution in [3.05, 3.63) is 32.2 Å². The number of nitrogens with two attached hydrogens (primary N) is 1. The van der Waals surface area contributed by atoms with E-state index in [9.17, 15) is 13.6 Å². The highest BCUT2D eigenvalue weighted by Gasteiger charge is 2.18. The second-order valence-corrected chi connectivity index (χ2v) is 3.17. The number of halogens is 3. The number of alkyl halides is 2. The molecule has 0 atom stereocenters. The van der Waals surface area contributed by atoms with Gasteiger partial charge in [-0.2, -0.15) is 0 Å². The van der Waals surface area contributed by atoms with E-state index in [1.54, 1.807) is 0 Å². The Balaban J connectivity index is 3.41. The topological polar surface area (TPSA) is 58.9 Å². The molecule has 0 bridgehead atoms. The van der Waals surface area contributed by atoms with Crippen molar-refractivity contribution in [2.24, 2.45) is 5.73 Å². The molecule has 0 amide bonds. The summed E-state index contributed by atoms with van der Waals surface area (Å²) in [4.78, 5) is 13.2. The van der Waals surface area contributed by atoms with E-state index in [1.165, 1.54) is 6.20 Å². The molecule has 0 saturated carbocycles. The number of H-pyrrole nitrogens is 1. The summed E-state index contributed by atoms with van der Waals surface area (Å²) in [5.41, 5.74) is 4.56. The van der Waals surface area contributed by atoms with Crippen molar-refractivity contribution in [2.45, 2.75) is 13.0 Å². The van der Waals surface area contributed by atoms with E-state index in [1.807, 2.05) is 0 Å². The van der Waals surface area contributed by atoms with Crippen LogP contribution in [0.1, 0.15) is 17.6 Å². The van der Waals surface area contributed by atoms with Crippen LogP contribution in [-0.2, 0) is 6.54 Å². The van der Waals surface area contributed by atoms with Gasteiger partial charge >= 0.3 is 0 Å². The van der Waals surface area contributed by atoms with Crippen molar-refractivity contribution in [1.82, 2.24) is 4.98 Å². The third-order valence-corrected chi connectivity index (χ3v) is 2.38. The van der Waals surface area contributed by atoms with E-state index in [2.05, 4.69) is 20.9 Å². The highest BCUT2D eigenvalue weighted by atomic mass is 79.9. The summed E-state index contributed by atoms with van der Waals surface area (Å²) in [6, 6.07) is 0. The lowest BCUT2D eigenvalue weighted by Gasteiger charge is -2.07. The molecule has 0 aliphatic rings. The second kappa shape index (κ2) is 3.97. The first-order valence-electron chi connectivity index (χ1n) is 3.46. The molecule has 0 fully saturated rings. The molecule has 13 heavy (non-hydrogen) atoms. The number of hydrogen-bond donors (Lipinski definition) is 2. The summed E-state index contributed by atoms with van der Waals surface area (Å²) in [5, 5.41) is 0. The highest BCUT2D eigenvalue weighted by molar-refractivity contribution is 9.10. The molecule has 1 aromatic heterocycles. The first-order valence-corrected chi connectivity index (χ1v) is 4.25. The number of rotatable bonds is 2. The van der Waals surface area contributed by atoms with Gasteiger partial charge in [-0.15, -0.1) is 0 Å². The zero-order chi connectivity index (χ0) is 10.0. The first-order chi connectivity index (χ1) is 6.07. The molecule has 0 spiro atoms. The molecular formula is C7H7BrF2N2O. The van der Waals surface area contributed by atoms with Crippen molar-refractivity contribution in [1.29, 1.82) is 0 Å². The minimum absolute atomic E-state index is 0.0327. The first kappa shape index (κ1) is 10.3. The molecule has 3 N–H and O–H groups in total. The second-order valence-electron chi connectivity index (χ2n) is 2.38. The summed E-state index contributed by atoms with van der Waals surface area (Å²) < 4.78 is 24.7. The van der Waals surface area contributed by atoms with E-state index in [4.69, 9.17) is 5.73 Å². The summed E-state index contributed by atoms with van der Waals surface area (Å²) in [5.74, 6) is 0. The maximum atomic E-state index is 12.4. The Morgan fingerprint density at radius 1 is 1.62 bits per heavy atom. The van der Waals surface area contributed by atoms with Gasteiger partial charge in [0.05, 0.1) is 4.47 Å². The van der Waals surface area contributed by atoms with Gasteiger partial charge in [0, 0.05) is 18.3 Å². The van der Waals surface area contributed by atoms with Gasteiger partial charge in [-0.3, -0.25) is 4.79 Å². The third kappa shape index (κ3) is 1.94. The van der Waals surface area contributed by atoms with Crippen LogP contribution in [0.5, 0.6) is 0 Å². The van der Waals surface area contributed by atoms with Gasteiger partial charge in [-0.25, -0.2) is 8.78 Å². The smallest absolute Gasteiger partial charge is 0.265 e. The zero-order valence-corrected chi connectivity index (χ0v) is 8.07. The fraction of sp³-hybridized carbons (Fsp3) is 0.286. The van der Waals surface area contributed by atoms with Crippen LogP contribution in [0.15, 0.2) is 15.5 Å². The molecule has 1 rings (SSSR count). The van der Waals surface area contributed by atoms with Crippen molar-refractivity contribution in [3.8, 4) is 0 Å². The van der Waals surface area contributed by atoms with Crippen molar-refractivity contribution >= 4 is 15.9 Å². The maximum absolute atomic E-state index is 12.4. The van der Waals surface area contributed by atoms with Gasteiger partial charge in [-0.1, -0.05) is 0 Å². The van der Waals surface area contributed by atoms with E-state index in [0.717, 1.165) is 0 Å². The van der Waals surface area contributed by atoms with E-state index >= 15 is 0 Å². The average molecular weight is 253 g/mol. The third-order valence-electron chi connectivity index (χ3n) is 1.60. The summed E-state index contributed by atoms with van der Waals surface area (Å²) in [6.07, 6.45) is -1.50. The van der Waals surface area contributed by atoms with Gasteiger partial charge < -0.3 is 10.7 Å². The van der Waals surface area contributed by atoms with Crippen LogP contribution in [0.4, 0.5) is 8.78 Å². The Morgan fingerprint density at radius 3 is 2.69 bits per heavy atom.